The number of benzene rings is 1. The highest BCUT2D eigenvalue weighted by molar-refractivity contribution is 9.10. The second-order valence-electron chi connectivity index (χ2n) is 4.43. The quantitative estimate of drug-likeness (QED) is 0.841. The van der Waals surface area contributed by atoms with Gasteiger partial charge >= 0.3 is 0 Å². The van der Waals surface area contributed by atoms with Crippen LogP contribution >= 0.6 is 27.5 Å². The summed E-state index contributed by atoms with van der Waals surface area (Å²) in [7, 11) is -3.50. The zero-order chi connectivity index (χ0) is 14.6. The molecule has 1 saturated heterocycles. The molecule has 1 aliphatic rings. The summed E-state index contributed by atoms with van der Waals surface area (Å²) in [5, 5.41) is 0.484. The minimum atomic E-state index is -3.50. The van der Waals surface area contributed by atoms with Crippen molar-refractivity contribution < 1.29 is 13.2 Å². The molecule has 112 valence electrons. The fourth-order valence-corrected chi connectivity index (χ4v) is 3.58. The van der Waals surface area contributed by atoms with Crippen LogP contribution in [0.1, 0.15) is 0 Å². The maximum Gasteiger partial charge on any atom is 0.240 e. The number of nitrogens with zero attached hydrogens (tertiary/aromatic N) is 1. The molecule has 1 N–H and O–H groups in total. The zero-order valence-corrected chi connectivity index (χ0v) is 14.0. The number of halogens is 2. The van der Waals surface area contributed by atoms with E-state index in [-0.39, 0.29) is 4.90 Å². The van der Waals surface area contributed by atoms with Crippen LogP contribution in [0.4, 0.5) is 0 Å². The van der Waals surface area contributed by atoms with Gasteiger partial charge in [-0.15, -0.1) is 0 Å². The maximum absolute atomic E-state index is 12.1. The molecule has 1 aromatic rings. The van der Waals surface area contributed by atoms with Gasteiger partial charge < -0.3 is 4.74 Å². The molecule has 1 fully saturated rings. The van der Waals surface area contributed by atoms with Gasteiger partial charge in [0, 0.05) is 30.7 Å². The number of hydrogen-bond acceptors (Lipinski definition) is 4. The third kappa shape index (κ3) is 4.41. The first-order chi connectivity index (χ1) is 9.49. The average Bonchev–Trinajstić information content (AvgIpc) is 2.43. The van der Waals surface area contributed by atoms with Crippen LogP contribution in [0.2, 0.25) is 5.02 Å². The molecule has 5 nitrogen and oxygen atoms in total. The first kappa shape index (κ1) is 16.2. The van der Waals surface area contributed by atoms with Crippen molar-refractivity contribution in [3.63, 3.8) is 0 Å². The van der Waals surface area contributed by atoms with Gasteiger partial charge in [-0.25, -0.2) is 13.1 Å². The van der Waals surface area contributed by atoms with Crippen molar-refractivity contribution in [2.75, 3.05) is 39.4 Å². The topological polar surface area (TPSA) is 58.6 Å². The first-order valence-corrected chi connectivity index (χ1v) is 8.89. The van der Waals surface area contributed by atoms with Crippen LogP contribution in [-0.4, -0.2) is 52.7 Å². The molecule has 8 heteroatoms. The Morgan fingerprint density at radius 3 is 2.70 bits per heavy atom. The van der Waals surface area contributed by atoms with Gasteiger partial charge in [-0.1, -0.05) is 11.6 Å². The van der Waals surface area contributed by atoms with E-state index in [1.54, 1.807) is 6.07 Å². The Morgan fingerprint density at radius 1 is 1.35 bits per heavy atom. The summed E-state index contributed by atoms with van der Waals surface area (Å²) >= 11 is 9.08. The molecular formula is C12H16BrClN2O3S. The summed E-state index contributed by atoms with van der Waals surface area (Å²) < 4.78 is 32.6. The molecule has 0 aliphatic carbocycles. The third-order valence-corrected chi connectivity index (χ3v) is 5.70. The minimum absolute atomic E-state index is 0.204. The second-order valence-corrected chi connectivity index (χ2v) is 7.46. The van der Waals surface area contributed by atoms with Gasteiger partial charge in [-0.3, -0.25) is 4.90 Å². The Kier molecular flexibility index (Phi) is 5.83. The van der Waals surface area contributed by atoms with Gasteiger partial charge in [0.15, 0.2) is 0 Å². The van der Waals surface area contributed by atoms with Gasteiger partial charge in [0.2, 0.25) is 10.0 Å². The zero-order valence-electron chi connectivity index (χ0n) is 10.8. The van der Waals surface area contributed by atoms with Gasteiger partial charge in [0.05, 0.1) is 23.1 Å². The molecule has 0 saturated carbocycles. The van der Waals surface area contributed by atoms with E-state index in [2.05, 4.69) is 25.6 Å². The van der Waals surface area contributed by atoms with Crippen molar-refractivity contribution in [1.82, 2.24) is 9.62 Å². The summed E-state index contributed by atoms with van der Waals surface area (Å²) in [5.74, 6) is 0. The van der Waals surface area contributed by atoms with Crippen molar-refractivity contribution in [2.24, 2.45) is 0 Å². The first-order valence-electron chi connectivity index (χ1n) is 6.24. The lowest BCUT2D eigenvalue weighted by molar-refractivity contribution is 0.0390. The number of hydrogen-bond donors (Lipinski definition) is 1. The van der Waals surface area contributed by atoms with E-state index in [1.807, 2.05) is 0 Å². The van der Waals surface area contributed by atoms with Crippen molar-refractivity contribution in [2.45, 2.75) is 4.90 Å². The summed E-state index contributed by atoms with van der Waals surface area (Å²) in [6, 6.07) is 4.55. The Morgan fingerprint density at radius 2 is 2.05 bits per heavy atom. The SMILES string of the molecule is O=S(=O)(NCCN1CCOCC1)c1ccc(Cl)c(Br)c1. The predicted octanol–water partition coefficient (Wildman–Crippen LogP) is 1.71. The molecule has 0 amide bonds. The number of nitrogens with one attached hydrogen (secondary N) is 1. The molecule has 0 spiro atoms. The Hall–Kier alpha value is -0.180. The molecular weight excluding hydrogens is 368 g/mol. The van der Waals surface area contributed by atoms with Gasteiger partial charge in [0.1, 0.15) is 0 Å². The molecule has 0 aromatic heterocycles. The van der Waals surface area contributed by atoms with Crippen molar-refractivity contribution in [3.05, 3.63) is 27.7 Å². The highest BCUT2D eigenvalue weighted by Crippen LogP contribution is 2.25. The number of sulfonamides is 1. The maximum atomic E-state index is 12.1. The largest absolute Gasteiger partial charge is 0.379 e. The molecule has 20 heavy (non-hydrogen) atoms. The van der Waals surface area contributed by atoms with Crippen LogP contribution in [0.25, 0.3) is 0 Å². The number of ether oxygens (including phenoxy) is 1. The average molecular weight is 384 g/mol. The molecule has 1 aliphatic heterocycles. The summed E-state index contributed by atoms with van der Waals surface area (Å²) in [5.41, 5.74) is 0. The van der Waals surface area contributed by atoms with Gasteiger partial charge in [-0.2, -0.15) is 0 Å². The van der Waals surface area contributed by atoms with Gasteiger partial charge in [0.25, 0.3) is 0 Å². The van der Waals surface area contributed by atoms with Crippen LogP contribution in [0.5, 0.6) is 0 Å². The van der Waals surface area contributed by atoms with Crippen LogP contribution in [0.15, 0.2) is 27.6 Å². The van der Waals surface area contributed by atoms with E-state index in [0.717, 1.165) is 13.1 Å². The van der Waals surface area contributed by atoms with Crippen molar-refractivity contribution in [3.8, 4) is 0 Å². The lowest BCUT2D eigenvalue weighted by Crippen LogP contribution is -2.41. The summed E-state index contributed by atoms with van der Waals surface area (Å²) in [6.07, 6.45) is 0. The molecule has 0 atom stereocenters. The fourth-order valence-electron chi connectivity index (χ4n) is 1.89. The van der Waals surface area contributed by atoms with Crippen LogP contribution < -0.4 is 4.72 Å². The molecule has 0 unspecified atom stereocenters. The highest BCUT2D eigenvalue weighted by Gasteiger charge is 2.16. The van der Waals surface area contributed by atoms with Crippen LogP contribution in [-0.2, 0) is 14.8 Å². The van der Waals surface area contributed by atoms with E-state index in [4.69, 9.17) is 16.3 Å². The Labute approximate surface area is 132 Å². The number of morpholine rings is 1. The summed E-state index contributed by atoms with van der Waals surface area (Å²) in [6.45, 7) is 4.15. The van der Waals surface area contributed by atoms with Gasteiger partial charge in [-0.05, 0) is 34.1 Å². The molecule has 0 bridgehead atoms. The summed E-state index contributed by atoms with van der Waals surface area (Å²) in [4.78, 5) is 2.37. The number of rotatable bonds is 5. The molecule has 1 heterocycles. The minimum Gasteiger partial charge on any atom is -0.379 e. The predicted molar refractivity (Wildman–Crippen MR) is 81.6 cm³/mol. The monoisotopic (exact) mass is 382 g/mol. The van der Waals surface area contributed by atoms with Crippen molar-refractivity contribution >= 4 is 37.6 Å². The van der Waals surface area contributed by atoms with E-state index in [1.165, 1.54) is 12.1 Å². The highest BCUT2D eigenvalue weighted by atomic mass is 79.9. The van der Waals surface area contributed by atoms with E-state index >= 15 is 0 Å². The van der Waals surface area contributed by atoms with E-state index in [0.29, 0.717) is 35.8 Å². The molecule has 0 radical (unpaired) electrons. The second kappa shape index (κ2) is 7.20. The normalized spacial score (nSPS) is 17.3. The smallest absolute Gasteiger partial charge is 0.240 e. The molecule has 1 aromatic carbocycles. The van der Waals surface area contributed by atoms with E-state index in [9.17, 15) is 8.42 Å². The lowest BCUT2D eigenvalue weighted by Gasteiger charge is -2.26. The van der Waals surface area contributed by atoms with Crippen LogP contribution in [0, 0.1) is 0 Å². The fraction of sp³-hybridized carbons (Fsp3) is 0.500. The third-order valence-electron chi connectivity index (χ3n) is 3.03. The Balaban J connectivity index is 1.91. The standard InChI is InChI=1S/C12H16BrClN2O3S/c13-11-9-10(1-2-12(11)14)20(17,18)15-3-4-16-5-7-19-8-6-16/h1-2,9,15H,3-8H2. The van der Waals surface area contributed by atoms with Crippen LogP contribution in [0.3, 0.4) is 0 Å². The van der Waals surface area contributed by atoms with Crippen molar-refractivity contribution in [1.29, 1.82) is 0 Å². The van der Waals surface area contributed by atoms with E-state index < -0.39 is 10.0 Å². The molecule has 2 rings (SSSR count). The Bertz CT molecular complexity index is 562. The lowest BCUT2D eigenvalue weighted by atomic mass is 10.4.